The molecular weight excluding hydrogens is 478 g/mol. The van der Waals surface area contributed by atoms with Crippen molar-refractivity contribution in [3.05, 3.63) is 45.9 Å². The van der Waals surface area contributed by atoms with Crippen LogP contribution in [0.3, 0.4) is 0 Å². The number of rotatable bonds is 10. The second-order valence-corrected chi connectivity index (χ2v) is 7.57. The maximum absolute atomic E-state index is 10.5. The average Bonchev–Trinajstić information content (AvgIpc) is 3.21. The van der Waals surface area contributed by atoms with Crippen LogP contribution >= 0.6 is 28.3 Å². The van der Waals surface area contributed by atoms with Crippen molar-refractivity contribution >= 4 is 28.3 Å². The molecule has 2 aromatic rings. The predicted molar refractivity (Wildman–Crippen MR) is 119 cm³/mol. The first-order chi connectivity index (χ1) is 14.0. The van der Waals surface area contributed by atoms with Gasteiger partial charge in [-0.1, -0.05) is 13.0 Å². The lowest BCUT2D eigenvalue weighted by Crippen LogP contribution is -2.31. The van der Waals surface area contributed by atoms with Gasteiger partial charge in [-0.15, -0.1) is 12.4 Å². The van der Waals surface area contributed by atoms with Crippen molar-refractivity contribution in [3.8, 4) is 23.0 Å². The van der Waals surface area contributed by atoms with Crippen LogP contribution in [0.1, 0.15) is 30.6 Å². The van der Waals surface area contributed by atoms with Crippen molar-refractivity contribution < 1.29 is 29.2 Å². The number of benzene rings is 2. The van der Waals surface area contributed by atoms with Gasteiger partial charge in [0.25, 0.3) is 0 Å². The Morgan fingerprint density at radius 1 is 1.20 bits per heavy atom. The zero-order chi connectivity index (χ0) is 20.8. The summed E-state index contributed by atoms with van der Waals surface area (Å²) in [5.41, 5.74) is 1.67. The number of aliphatic hydroxyl groups is 2. The summed E-state index contributed by atoms with van der Waals surface area (Å²) in [6.45, 7) is 2.94. The molecular formula is C21H27BrClNO6. The third kappa shape index (κ3) is 5.92. The molecule has 0 spiro atoms. The number of ether oxygens (including phenoxy) is 4. The highest BCUT2D eigenvalue weighted by Gasteiger charge is 2.19. The van der Waals surface area contributed by atoms with Gasteiger partial charge in [0.15, 0.2) is 23.0 Å². The summed E-state index contributed by atoms with van der Waals surface area (Å²) in [7, 11) is 1.57. The van der Waals surface area contributed by atoms with Gasteiger partial charge in [0.05, 0.1) is 18.2 Å². The van der Waals surface area contributed by atoms with Gasteiger partial charge in [-0.2, -0.15) is 0 Å². The van der Waals surface area contributed by atoms with Gasteiger partial charge in [0.2, 0.25) is 6.79 Å². The van der Waals surface area contributed by atoms with E-state index in [2.05, 4.69) is 21.2 Å². The Labute approximate surface area is 190 Å². The normalized spacial score (nSPS) is 14.0. The average molecular weight is 505 g/mol. The second kappa shape index (κ2) is 11.6. The maximum Gasteiger partial charge on any atom is 0.231 e. The van der Waals surface area contributed by atoms with Gasteiger partial charge in [-0.3, -0.25) is 0 Å². The topological polar surface area (TPSA) is 89.4 Å². The third-order valence-electron chi connectivity index (χ3n) is 4.76. The first-order valence-electron chi connectivity index (χ1n) is 9.46. The molecule has 0 saturated carbocycles. The summed E-state index contributed by atoms with van der Waals surface area (Å²) in [5, 5.41) is 23.1. The van der Waals surface area contributed by atoms with E-state index in [0.717, 1.165) is 16.5 Å². The summed E-state index contributed by atoms with van der Waals surface area (Å²) in [5.74, 6) is 2.36. The number of hydrogen-bond donors (Lipinski definition) is 3. The largest absolute Gasteiger partial charge is 0.493 e. The Kier molecular flexibility index (Phi) is 9.51. The first kappa shape index (κ1) is 24.6. The molecule has 0 bridgehead atoms. The van der Waals surface area contributed by atoms with E-state index in [1.807, 2.05) is 19.1 Å². The lowest BCUT2D eigenvalue weighted by atomic mass is 10.1. The number of fused-ring (bicyclic) bond motifs is 1. The molecule has 0 aromatic heterocycles. The molecule has 0 saturated heterocycles. The van der Waals surface area contributed by atoms with E-state index in [9.17, 15) is 10.2 Å². The molecule has 9 heteroatoms. The molecule has 0 aliphatic carbocycles. The minimum Gasteiger partial charge on any atom is -0.493 e. The van der Waals surface area contributed by atoms with E-state index >= 15 is 0 Å². The Bertz CT molecular complexity index is 833. The van der Waals surface area contributed by atoms with Gasteiger partial charge in [0.1, 0.15) is 12.7 Å². The van der Waals surface area contributed by atoms with Crippen molar-refractivity contribution in [3.63, 3.8) is 0 Å². The lowest BCUT2D eigenvalue weighted by Gasteiger charge is -2.18. The van der Waals surface area contributed by atoms with Crippen molar-refractivity contribution in [2.24, 2.45) is 0 Å². The molecule has 2 unspecified atom stereocenters. The molecule has 2 atom stereocenters. The molecule has 1 aliphatic heterocycles. The Hall–Kier alpha value is -1.71. The van der Waals surface area contributed by atoms with Crippen LogP contribution in [-0.4, -0.2) is 43.4 Å². The molecule has 1 heterocycles. The second-order valence-electron chi connectivity index (χ2n) is 6.72. The molecule has 2 aromatic carbocycles. The van der Waals surface area contributed by atoms with Crippen LogP contribution in [0.15, 0.2) is 34.8 Å². The van der Waals surface area contributed by atoms with Crippen molar-refractivity contribution in [2.45, 2.75) is 32.0 Å². The highest BCUT2D eigenvalue weighted by molar-refractivity contribution is 9.10. The fourth-order valence-electron chi connectivity index (χ4n) is 2.99. The fourth-order valence-corrected chi connectivity index (χ4v) is 3.60. The van der Waals surface area contributed by atoms with Gasteiger partial charge < -0.3 is 34.5 Å². The third-order valence-corrected chi connectivity index (χ3v) is 5.35. The Morgan fingerprint density at radius 2 is 1.97 bits per heavy atom. The maximum atomic E-state index is 10.5. The predicted octanol–water partition coefficient (Wildman–Crippen LogP) is 3.58. The van der Waals surface area contributed by atoms with Crippen molar-refractivity contribution in [1.29, 1.82) is 0 Å². The zero-order valence-corrected chi connectivity index (χ0v) is 19.3. The van der Waals surface area contributed by atoms with E-state index in [0.29, 0.717) is 35.1 Å². The molecule has 166 valence electrons. The standard InChI is InChI=1S/C21H26BrNO6.ClH/c1-3-15(10-24)23-9-13-6-16(22)21(20(7-13)26-2)27-11-17(25)14-4-5-18-19(8-14)29-12-28-18;/h4-8,15,17,23-25H,3,9-12H2,1-2H3;1H. The molecule has 1 aliphatic rings. The molecule has 0 radical (unpaired) electrons. The van der Waals surface area contributed by atoms with Gasteiger partial charge >= 0.3 is 0 Å². The lowest BCUT2D eigenvalue weighted by molar-refractivity contribution is 0.105. The minimum atomic E-state index is -0.836. The van der Waals surface area contributed by atoms with Gasteiger partial charge in [-0.05, 0) is 57.7 Å². The van der Waals surface area contributed by atoms with Crippen LogP contribution < -0.4 is 24.3 Å². The number of methoxy groups -OCH3 is 1. The Balaban J connectivity index is 0.00000320. The molecule has 30 heavy (non-hydrogen) atoms. The summed E-state index contributed by atoms with van der Waals surface area (Å²) in [4.78, 5) is 0. The van der Waals surface area contributed by atoms with E-state index in [-0.39, 0.29) is 38.5 Å². The SMILES string of the molecule is CCC(CO)NCc1cc(Br)c(OCC(O)c2ccc3c(c2)OCO3)c(OC)c1.Cl. The highest BCUT2D eigenvalue weighted by atomic mass is 79.9. The quantitative estimate of drug-likeness (QED) is 0.456. The number of nitrogens with one attached hydrogen (secondary N) is 1. The number of halogens is 2. The smallest absolute Gasteiger partial charge is 0.231 e. The first-order valence-corrected chi connectivity index (χ1v) is 10.3. The molecule has 3 N–H and O–H groups in total. The number of hydrogen-bond acceptors (Lipinski definition) is 7. The van der Waals surface area contributed by atoms with Crippen LogP contribution in [0.25, 0.3) is 0 Å². The van der Waals surface area contributed by atoms with Crippen LogP contribution in [0.5, 0.6) is 23.0 Å². The van der Waals surface area contributed by atoms with Crippen molar-refractivity contribution in [2.75, 3.05) is 27.1 Å². The minimum absolute atomic E-state index is 0. The summed E-state index contributed by atoms with van der Waals surface area (Å²) >= 11 is 3.53. The molecule has 7 nitrogen and oxygen atoms in total. The highest BCUT2D eigenvalue weighted by Crippen LogP contribution is 2.38. The summed E-state index contributed by atoms with van der Waals surface area (Å²) in [6.07, 6.45) is 0.00520. The zero-order valence-electron chi connectivity index (χ0n) is 16.9. The van der Waals surface area contributed by atoms with Gasteiger partial charge in [-0.25, -0.2) is 0 Å². The van der Waals surface area contributed by atoms with E-state index in [1.165, 1.54) is 0 Å². The molecule has 0 fully saturated rings. The van der Waals surface area contributed by atoms with E-state index in [4.69, 9.17) is 18.9 Å². The monoisotopic (exact) mass is 503 g/mol. The van der Waals surface area contributed by atoms with Crippen LogP contribution in [-0.2, 0) is 6.54 Å². The van der Waals surface area contributed by atoms with E-state index < -0.39 is 6.10 Å². The Morgan fingerprint density at radius 3 is 2.67 bits per heavy atom. The fraction of sp³-hybridized carbons (Fsp3) is 0.429. The van der Waals surface area contributed by atoms with Crippen LogP contribution in [0, 0.1) is 0 Å². The molecule has 0 amide bonds. The van der Waals surface area contributed by atoms with E-state index in [1.54, 1.807) is 25.3 Å². The number of aliphatic hydroxyl groups excluding tert-OH is 2. The van der Waals surface area contributed by atoms with Crippen LogP contribution in [0.2, 0.25) is 0 Å². The summed E-state index contributed by atoms with van der Waals surface area (Å²) in [6, 6.07) is 9.17. The van der Waals surface area contributed by atoms with Crippen molar-refractivity contribution in [1.82, 2.24) is 5.32 Å². The van der Waals surface area contributed by atoms with Crippen LogP contribution in [0.4, 0.5) is 0 Å². The summed E-state index contributed by atoms with van der Waals surface area (Å²) < 4.78 is 22.7. The molecule has 3 rings (SSSR count). The van der Waals surface area contributed by atoms with Gasteiger partial charge in [0, 0.05) is 12.6 Å².